The summed E-state index contributed by atoms with van der Waals surface area (Å²) < 4.78 is 27.8. The van der Waals surface area contributed by atoms with Crippen LogP contribution in [-0.2, 0) is 21.2 Å². The summed E-state index contributed by atoms with van der Waals surface area (Å²) in [5.41, 5.74) is 1.13. The third-order valence-electron chi connectivity index (χ3n) is 4.82. The molecule has 2 aromatic rings. The number of piperidine rings is 1. The highest BCUT2D eigenvalue weighted by atomic mass is 32.2. The Balaban J connectivity index is 1.51. The number of rotatable bonds is 10. The van der Waals surface area contributed by atoms with Gasteiger partial charge < -0.3 is 5.32 Å². The van der Waals surface area contributed by atoms with Crippen molar-refractivity contribution in [1.29, 1.82) is 0 Å². The van der Waals surface area contributed by atoms with Crippen LogP contribution in [0.1, 0.15) is 24.8 Å². The Morgan fingerprint density at radius 2 is 2.13 bits per heavy atom. The van der Waals surface area contributed by atoms with Crippen LogP contribution in [0.25, 0.3) is 0 Å². The molecule has 7 nitrogen and oxygen atoms in total. The molecule has 0 unspecified atom stereocenters. The van der Waals surface area contributed by atoms with E-state index in [1.54, 1.807) is 6.08 Å². The Hall–Kier alpha value is -1.75. The number of nitrogens with zero attached hydrogens (tertiary/aromatic N) is 3. The predicted molar refractivity (Wildman–Crippen MR) is 122 cm³/mol. The molecular weight excluding hydrogens is 440 g/mol. The highest BCUT2D eigenvalue weighted by Crippen LogP contribution is 2.27. The van der Waals surface area contributed by atoms with Crippen LogP contribution in [0, 0.1) is 5.92 Å². The first-order valence-electron chi connectivity index (χ1n) is 9.88. The average Bonchev–Trinajstić information content (AvgIpc) is 3.20. The van der Waals surface area contributed by atoms with E-state index in [1.165, 1.54) is 27.4 Å². The summed E-state index contributed by atoms with van der Waals surface area (Å²) >= 11 is 2.81. The van der Waals surface area contributed by atoms with Crippen LogP contribution in [0.4, 0.5) is 5.13 Å². The van der Waals surface area contributed by atoms with Gasteiger partial charge in [-0.1, -0.05) is 59.5 Å². The number of thioether (sulfide) groups is 1. The van der Waals surface area contributed by atoms with E-state index < -0.39 is 10.0 Å². The molecule has 10 heteroatoms. The first-order chi connectivity index (χ1) is 14.5. The number of nitrogens with one attached hydrogen (secondary N) is 1. The SMILES string of the molecule is C=CCSc1nnc(NC(=O)[C@H]2CCCN(S(=O)(=O)CCCc3ccccc3)C2)s1. The summed E-state index contributed by atoms with van der Waals surface area (Å²) in [6, 6.07) is 9.86. The van der Waals surface area contributed by atoms with Crippen molar-refractivity contribution in [2.24, 2.45) is 5.92 Å². The molecule has 1 aliphatic heterocycles. The molecule has 1 aromatic heterocycles. The number of amides is 1. The Morgan fingerprint density at radius 1 is 1.33 bits per heavy atom. The van der Waals surface area contributed by atoms with Gasteiger partial charge in [-0.25, -0.2) is 12.7 Å². The lowest BCUT2D eigenvalue weighted by atomic mass is 9.99. The maximum absolute atomic E-state index is 12.8. The molecule has 0 radical (unpaired) electrons. The van der Waals surface area contributed by atoms with Crippen molar-refractivity contribution < 1.29 is 13.2 Å². The molecule has 1 fully saturated rings. The van der Waals surface area contributed by atoms with Gasteiger partial charge in [-0.2, -0.15) is 0 Å². The molecule has 1 aliphatic rings. The van der Waals surface area contributed by atoms with Crippen LogP contribution in [0.5, 0.6) is 0 Å². The molecule has 1 atom stereocenters. The minimum atomic E-state index is -3.38. The maximum atomic E-state index is 12.8. The van der Waals surface area contributed by atoms with Crippen molar-refractivity contribution in [3.8, 4) is 0 Å². The number of hydrogen-bond acceptors (Lipinski definition) is 7. The van der Waals surface area contributed by atoms with Crippen LogP contribution in [-0.4, -0.2) is 53.4 Å². The van der Waals surface area contributed by atoms with Gasteiger partial charge in [0.1, 0.15) is 0 Å². The van der Waals surface area contributed by atoms with Crippen molar-refractivity contribution in [2.75, 3.05) is 29.9 Å². The maximum Gasteiger partial charge on any atom is 0.230 e. The number of sulfonamides is 1. The summed E-state index contributed by atoms with van der Waals surface area (Å²) in [4.78, 5) is 12.6. The van der Waals surface area contributed by atoms with Gasteiger partial charge in [0.05, 0.1) is 11.7 Å². The van der Waals surface area contributed by atoms with Crippen LogP contribution in [0.3, 0.4) is 0 Å². The molecule has 0 saturated carbocycles. The second-order valence-electron chi connectivity index (χ2n) is 7.06. The fraction of sp³-hybridized carbons (Fsp3) is 0.450. The van der Waals surface area contributed by atoms with Gasteiger partial charge in [-0.05, 0) is 31.2 Å². The predicted octanol–water partition coefficient (Wildman–Crippen LogP) is 3.43. The summed E-state index contributed by atoms with van der Waals surface area (Å²) in [5.74, 6) is 0.241. The zero-order chi connectivity index (χ0) is 21.4. The average molecular weight is 467 g/mol. The molecule has 2 heterocycles. The first-order valence-corrected chi connectivity index (χ1v) is 13.3. The van der Waals surface area contributed by atoms with E-state index in [-0.39, 0.29) is 24.1 Å². The molecule has 0 aliphatic carbocycles. The number of hydrogen-bond donors (Lipinski definition) is 1. The lowest BCUT2D eigenvalue weighted by Crippen LogP contribution is -2.44. The van der Waals surface area contributed by atoms with E-state index in [1.807, 2.05) is 30.3 Å². The molecule has 3 rings (SSSR count). The van der Waals surface area contributed by atoms with E-state index in [9.17, 15) is 13.2 Å². The Morgan fingerprint density at radius 3 is 2.90 bits per heavy atom. The first kappa shape index (κ1) is 22.9. The zero-order valence-electron chi connectivity index (χ0n) is 16.7. The third kappa shape index (κ3) is 6.63. The topological polar surface area (TPSA) is 92.3 Å². The quantitative estimate of drug-likeness (QED) is 0.328. The van der Waals surface area contributed by atoms with E-state index in [2.05, 4.69) is 22.1 Å². The standard InChI is InChI=1S/C20H26N4O3S3/c1-2-13-28-20-23-22-19(29-20)21-18(25)17-11-6-12-24(15-17)30(26,27)14-7-10-16-8-4-3-5-9-16/h2-5,8-9,17H,1,6-7,10-15H2,(H,21,22,25)/t17-/m0/s1. The third-order valence-corrected chi connectivity index (χ3v) is 8.71. The van der Waals surface area contributed by atoms with Crippen LogP contribution in [0.2, 0.25) is 0 Å². The van der Waals surface area contributed by atoms with Crippen molar-refractivity contribution in [3.63, 3.8) is 0 Å². The smallest absolute Gasteiger partial charge is 0.230 e. The summed E-state index contributed by atoms with van der Waals surface area (Å²) in [6.45, 7) is 4.35. The Labute approximate surface area is 186 Å². The van der Waals surface area contributed by atoms with Gasteiger partial charge in [-0.15, -0.1) is 16.8 Å². The highest BCUT2D eigenvalue weighted by molar-refractivity contribution is 8.01. The van der Waals surface area contributed by atoms with E-state index in [4.69, 9.17) is 0 Å². The molecule has 1 aromatic carbocycles. The monoisotopic (exact) mass is 466 g/mol. The highest BCUT2D eigenvalue weighted by Gasteiger charge is 2.32. The molecule has 1 saturated heterocycles. The van der Waals surface area contributed by atoms with E-state index in [0.717, 1.165) is 22.1 Å². The largest absolute Gasteiger partial charge is 0.300 e. The molecule has 1 amide bonds. The number of carbonyl (C=O) groups is 1. The second kappa shape index (κ2) is 11.0. The number of aromatic nitrogens is 2. The van der Waals surface area contributed by atoms with Gasteiger partial charge in [0, 0.05) is 18.8 Å². The van der Waals surface area contributed by atoms with Gasteiger partial charge in [-0.3, -0.25) is 4.79 Å². The van der Waals surface area contributed by atoms with Crippen LogP contribution in [0.15, 0.2) is 47.3 Å². The molecular formula is C20H26N4O3S3. The number of benzene rings is 1. The summed E-state index contributed by atoms with van der Waals surface area (Å²) in [7, 11) is -3.38. The van der Waals surface area contributed by atoms with E-state index in [0.29, 0.717) is 30.9 Å². The fourth-order valence-corrected chi connectivity index (χ4v) is 6.40. The molecule has 1 N–H and O–H groups in total. The second-order valence-corrected chi connectivity index (χ2v) is 11.4. The van der Waals surface area contributed by atoms with Crippen LogP contribution < -0.4 is 5.32 Å². The van der Waals surface area contributed by atoms with Crippen molar-refractivity contribution >= 4 is 44.2 Å². The molecule has 30 heavy (non-hydrogen) atoms. The zero-order valence-corrected chi connectivity index (χ0v) is 19.1. The van der Waals surface area contributed by atoms with Gasteiger partial charge >= 0.3 is 0 Å². The number of carbonyl (C=O) groups excluding carboxylic acids is 1. The molecule has 162 valence electrons. The van der Waals surface area contributed by atoms with Gasteiger partial charge in [0.25, 0.3) is 0 Å². The minimum Gasteiger partial charge on any atom is -0.300 e. The van der Waals surface area contributed by atoms with Crippen molar-refractivity contribution in [1.82, 2.24) is 14.5 Å². The summed E-state index contributed by atoms with van der Waals surface area (Å²) in [5, 5.41) is 11.2. The molecule has 0 bridgehead atoms. The van der Waals surface area contributed by atoms with E-state index >= 15 is 0 Å². The Kier molecular flexibility index (Phi) is 8.43. The fourth-order valence-electron chi connectivity index (χ4n) is 3.30. The normalized spacial score (nSPS) is 17.5. The minimum absolute atomic E-state index is 0.0938. The summed E-state index contributed by atoms with van der Waals surface area (Å²) in [6.07, 6.45) is 4.41. The van der Waals surface area contributed by atoms with Crippen molar-refractivity contribution in [2.45, 2.75) is 30.0 Å². The molecule has 0 spiro atoms. The van der Waals surface area contributed by atoms with Crippen LogP contribution >= 0.6 is 23.1 Å². The lowest BCUT2D eigenvalue weighted by molar-refractivity contribution is -0.120. The van der Waals surface area contributed by atoms with Gasteiger partial charge in [0.2, 0.25) is 21.1 Å². The van der Waals surface area contributed by atoms with Crippen molar-refractivity contribution in [3.05, 3.63) is 48.6 Å². The Bertz CT molecular complexity index is 947. The van der Waals surface area contributed by atoms with Gasteiger partial charge in [0.15, 0.2) is 4.34 Å². The number of aryl methyl sites for hydroxylation is 1. The number of anilines is 1. The lowest BCUT2D eigenvalue weighted by Gasteiger charge is -2.31.